The minimum Gasteiger partial charge on any atom is -0.334 e. The maximum atomic E-state index is 13.1. The molecule has 30 heavy (non-hydrogen) atoms. The smallest absolute Gasteiger partial charge is 0.233 e. The fraction of sp³-hybridized carbons (Fsp3) is 0.391. The van der Waals surface area contributed by atoms with E-state index < -0.39 is 0 Å². The number of hydrogen-bond donors (Lipinski definition) is 0. The SMILES string of the molecule is CN(C(=O)CSc1nnnn1C1CCCCC1)C(c1ccccc1)c1ccccc1. The van der Waals surface area contributed by atoms with Gasteiger partial charge in [0.05, 0.1) is 17.8 Å². The predicted octanol–water partition coefficient (Wildman–Crippen LogP) is 4.52. The molecule has 3 aromatic rings. The molecule has 0 radical (unpaired) electrons. The number of thioether (sulfide) groups is 1. The zero-order valence-electron chi connectivity index (χ0n) is 17.2. The van der Waals surface area contributed by atoms with Gasteiger partial charge in [0.25, 0.3) is 0 Å². The maximum Gasteiger partial charge on any atom is 0.233 e. The Morgan fingerprint density at radius 2 is 1.63 bits per heavy atom. The van der Waals surface area contributed by atoms with Crippen LogP contribution in [0.4, 0.5) is 0 Å². The molecule has 7 heteroatoms. The lowest BCUT2D eigenvalue weighted by molar-refractivity contribution is -0.128. The van der Waals surface area contributed by atoms with E-state index in [1.807, 2.05) is 53.0 Å². The average Bonchev–Trinajstić information content (AvgIpc) is 3.28. The summed E-state index contributed by atoms with van der Waals surface area (Å²) in [5, 5.41) is 13.0. The Bertz CT molecular complexity index is 901. The molecule has 0 bridgehead atoms. The molecule has 4 rings (SSSR count). The summed E-state index contributed by atoms with van der Waals surface area (Å²) in [7, 11) is 1.87. The van der Waals surface area contributed by atoms with E-state index >= 15 is 0 Å². The molecule has 156 valence electrons. The highest BCUT2D eigenvalue weighted by atomic mass is 32.2. The van der Waals surface area contributed by atoms with Crippen molar-refractivity contribution in [3.8, 4) is 0 Å². The van der Waals surface area contributed by atoms with Gasteiger partial charge in [0, 0.05) is 7.05 Å². The number of tetrazole rings is 1. The van der Waals surface area contributed by atoms with Gasteiger partial charge < -0.3 is 4.90 Å². The topological polar surface area (TPSA) is 63.9 Å². The second kappa shape index (κ2) is 9.89. The van der Waals surface area contributed by atoms with Crippen LogP contribution < -0.4 is 0 Å². The lowest BCUT2D eigenvalue weighted by atomic mass is 9.96. The Balaban J connectivity index is 1.48. The summed E-state index contributed by atoms with van der Waals surface area (Å²) >= 11 is 1.43. The molecule has 0 aliphatic heterocycles. The van der Waals surface area contributed by atoms with Crippen molar-refractivity contribution in [2.45, 2.75) is 49.3 Å². The van der Waals surface area contributed by atoms with E-state index in [-0.39, 0.29) is 11.9 Å². The van der Waals surface area contributed by atoms with Crippen LogP contribution in [0.15, 0.2) is 65.8 Å². The van der Waals surface area contributed by atoms with Crippen molar-refractivity contribution in [3.05, 3.63) is 71.8 Å². The van der Waals surface area contributed by atoms with Crippen molar-refractivity contribution in [1.82, 2.24) is 25.1 Å². The molecule has 1 fully saturated rings. The number of aromatic nitrogens is 4. The third-order valence-electron chi connectivity index (χ3n) is 5.72. The van der Waals surface area contributed by atoms with Crippen LogP contribution in [0.2, 0.25) is 0 Å². The fourth-order valence-electron chi connectivity index (χ4n) is 4.12. The first kappa shape index (κ1) is 20.6. The third kappa shape index (κ3) is 4.73. The number of benzene rings is 2. The highest BCUT2D eigenvalue weighted by molar-refractivity contribution is 7.99. The van der Waals surface area contributed by atoms with Crippen molar-refractivity contribution < 1.29 is 4.79 Å². The molecule has 0 N–H and O–H groups in total. The molecule has 6 nitrogen and oxygen atoms in total. The second-order valence-corrected chi connectivity index (χ2v) is 8.66. The molecule has 1 saturated carbocycles. The number of hydrogen-bond acceptors (Lipinski definition) is 5. The van der Waals surface area contributed by atoms with Gasteiger partial charge in [0.15, 0.2) is 0 Å². The summed E-state index contributed by atoms with van der Waals surface area (Å²) in [6.07, 6.45) is 5.93. The molecule has 0 atom stereocenters. The quantitative estimate of drug-likeness (QED) is 0.525. The molecule has 1 heterocycles. The zero-order chi connectivity index (χ0) is 20.8. The normalized spacial score (nSPS) is 14.7. The van der Waals surface area contributed by atoms with Crippen LogP contribution in [0.1, 0.15) is 55.3 Å². The summed E-state index contributed by atoms with van der Waals surface area (Å²) in [6.45, 7) is 0. The van der Waals surface area contributed by atoms with Crippen LogP contribution in [0.25, 0.3) is 0 Å². The molecular weight excluding hydrogens is 394 g/mol. The minimum absolute atomic E-state index is 0.0518. The number of amides is 1. The van der Waals surface area contributed by atoms with Crippen LogP contribution in [-0.4, -0.2) is 43.8 Å². The first-order chi connectivity index (χ1) is 14.7. The maximum absolute atomic E-state index is 13.1. The fourth-order valence-corrected chi connectivity index (χ4v) is 4.99. The lowest BCUT2D eigenvalue weighted by Crippen LogP contribution is -2.33. The van der Waals surface area contributed by atoms with Crippen molar-refractivity contribution in [2.75, 3.05) is 12.8 Å². The second-order valence-electron chi connectivity index (χ2n) is 7.72. The summed E-state index contributed by atoms with van der Waals surface area (Å²) < 4.78 is 1.92. The third-order valence-corrected chi connectivity index (χ3v) is 6.64. The van der Waals surface area contributed by atoms with Crippen LogP contribution in [0.5, 0.6) is 0 Å². The Labute approximate surface area is 181 Å². The van der Waals surface area contributed by atoms with E-state index in [1.54, 1.807) is 0 Å². The van der Waals surface area contributed by atoms with Gasteiger partial charge in [-0.25, -0.2) is 4.68 Å². The van der Waals surface area contributed by atoms with E-state index in [4.69, 9.17) is 0 Å². The van der Waals surface area contributed by atoms with E-state index in [1.165, 1.54) is 31.0 Å². The van der Waals surface area contributed by atoms with Gasteiger partial charge >= 0.3 is 0 Å². The molecular formula is C23H27N5OS. The Morgan fingerprint density at radius 1 is 1.03 bits per heavy atom. The van der Waals surface area contributed by atoms with E-state index in [0.29, 0.717) is 11.8 Å². The molecule has 0 unspecified atom stereocenters. The highest BCUT2D eigenvalue weighted by Gasteiger charge is 2.25. The van der Waals surface area contributed by atoms with Gasteiger partial charge in [-0.3, -0.25) is 4.79 Å². The van der Waals surface area contributed by atoms with Crippen LogP contribution >= 0.6 is 11.8 Å². The van der Waals surface area contributed by atoms with Gasteiger partial charge in [0.2, 0.25) is 11.1 Å². The van der Waals surface area contributed by atoms with E-state index in [2.05, 4.69) is 39.8 Å². The molecule has 1 aliphatic carbocycles. The van der Waals surface area contributed by atoms with Gasteiger partial charge in [-0.15, -0.1) is 5.10 Å². The monoisotopic (exact) mass is 421 g/mol. The summed E-state index contributed by atoms with van der Waals surface area (Å²) in [5.41, 5.74) is 2.19. The Hall–Kier alpha value is -2.67. The van der Waals surface area contributed by atoms with Crippen LogP contribution in [0.3, 0.4) is 0 Å². The average molecular weight is 422 g/mol. The van der Waals surface area contributed by atoms with E-state index in [0.717, 1.165) is 29.1 Å². The number of rotatable bonds is 7. The number of carbonyl (C=O) groups excluding carboxylic acids is 1. The van der Waals surface area contributed by atoms with Crippen LogP contribution in [-0.2, 0) is 4.79 Å². The molecule has 0 saturated heterocycles. The first-order valence-corrected chi connectivity index (χ1v) is 11.5. The summed E-state index contributed by atoms with van der Waals surface area (Å²) in [4.78, 5) is 15.0. The molecule has 1 aromatic heterocycles. The number of nitrogens with zero attached hydrogens (tertiary/aromatic N) is 5. The first-order valence-electron chi connectivity index (χ1n) is 10.5. The highest BCUT2D eigenvalue weighted by Crippen LogP contribution is 2.31. The minimum atomic E-state index is -0.130. The Kier molecular flexibility index (Phi) is 6.79. The standard InChI is InChI=1S/C23H27N5OS/c1-27(22(18-11-5-2-6-12-18)19-13-7-3-8-14-19)21(29)17-30-23-24-25-26-28(23)20-15-9-4-10-16-20/h2-3,5-8,11-14,20,22H,4,9-10,15-17H2,1H3. The molecule has 1 aliphatic rings. The molecule has 1 amide bonds. The zero-order valence-corrected chi connectivity index (χ0v) is 18.0. The van der Waals surface area contributed by atoms with Gasteiger partial charge in [-0.05, 0) is 34.4 Å². The summed E-state index contributed by atoms with van der Waals surface area (Å²) in [6, 6.07) is 20.5. The van der Waals surface area contributed by atoms with E-state index in [9.17, 15) is 4.79 Å². The predicted molar refractivity (Wildman–Crippen MR) is 118 cm³/mol. The van der Waals surface area contributed by atoms with Gasteiger partial charge in [0.1, 0.15) is 0 Å². The van der Waals surface area contributed by atoms with Crippen LogP contribution in [0, 0.1) is 0 Å². The Morgan fingerprint density at radius 3 is 2.23 bits per heavy atom. The van der Waals surface area contributed by atoms with Crippen molar-refractivity contribution in [1.29, 1.82) is 0 Å². The number of carbonyl (C=O) groups is 1. The largest absolute Gasteiger partial charge is 0.334 e. The van der Waals surface area contributed by atoms with Crippen molar-refractivity contribution >= 4 is 17.7 Å². The molecule has 2 aromatic carbocycles. The van der Waals surface area contributed by atoms with Crippen molar-refractivity contribution in [3.63, 3.8) is 0 Å². The van der Waals surface area contributed by atoms with Crippen molar-refractivity contribution in [2.24, 2.45) is 0 Å². The lowest BCUT2D eigenvalue weighted by Gasteiger charge is -2.29. The van der Waals surface area contributed by atoms with Gasteiger partial charge in [-0.2, -0.15) is 0 Å². The summed E-state index contributed by atoms with van der Waals surface area (Å²) in [5.74, 6) is 0.357. The van der Waals surface area contributed by atoms with Gasteiger partial charge in [-0.1, -0.05) is 91.7 Å². The molecule has 0 spiro atoms.